The van der Waals surface area contributed by atoms with Gasteiger partial charge in [-0.25, -0.2) is 0 Å². The first-order chi connectivity index (χ1) is 15.2. The summed E-state index contributed by atoms with van der Waals surface area (Å²) in [6, 6.07) is -0.689. The topological polar surface area (TPSA) is 98.8 Å². The average molecular weight is 449 g/mol. The van der Waals surface area contributed by atoms with E-state index in [-0.39, 0.29) is 47.5 Å². The fraction of sp³-hybridized carbons (Fsp3) is 0.833. The molecule has 0 bridgehead atoms. The highest BCUT2D eigenvalue weighted by Crippen LogP contribution is 2.24. The molecular weight excluding hydrogens is 408 g/mol. The van der Waals surface area contributed by atoms with Crippen molar-refractivity contribution in [2.24, 2.45) is 11.8 Å². The second-order valence-electron chi connectivity index (χ2n) is 10.3. The predicted molar refractivity (Wildman–Crippen MR) is 121 cm³/mol. The Morgan fingerprint density at radius 1 is 0.719 bits per heavy atom. The summed E-state index contributed by atoms with van der Waals surface area (Å²) in [6.45, 7) is 9.25. The van der Waals surface area contributed by atoms with Gasteiger partial charge in [0.25, 0.3) is 0 Å². The molecule has 0 aromatic rings. The van der Waals surface area contributed by atoms with Crippen LogP contribution in [0.5, 0.6) is 0 Å². The second-order valence-corrected chi connectivity index (χ2v) is 10.3. The van der Waals surface area contributed by atoms with Crippen molar-refractivity contribution >= 4 is 23.6 Å². The van der Waals surface area contributed by atoms with Crippen LogP contribution in [0.2, 0.25) is 0 Å². The van der Waals surface area contributed by atoms with Crippen LogP contribution in [0.4, 0.5) is 0 Å². The van der Waals surface area contributed by atoms with Gasteiger partial charge in [-0.15, -0.1) is 0 Å². The van der Waals surface area contributed by atoms with E-state index in [0.717, 1.165) is 38.5 Å². The number of hydrogen-bond donors (Lipinski definition) is 2. The number of carbonyl (C=O) groups excluding carboxylic acids is 4. The van der Waals surface area contributed by atoms with Crippen LogP contribution in [0.25, 0.3) is 0 Å². The molecule has 2 saturated heterocycles. The van der Waals surface area contributed by atoms with Crippen molar-refractivity contribution in [2.45, 2.75) is 103 Å². The summed E-state index contributed by atoms with van der Waals surface area (Å²) in [5.74, 6) is 0.149. The minimum absolute atomic E-state index is 0.0600. The van der Waals surface area contributed by atoms with E-state index in [4.69, 9.17) is 0 Å². The molecule has 3 aliphatic rings. The van der Waals surface area contributed by atoms with Crippen molar-refractivity contribution < 1.29 is 19.2 Å². The summed E-state index contributed by atoms with van der Waals surface area (Å²) in [5, 5.41) is 6.33. The lowest BCUT2D eigenvalue weighted by Crippen LogP contribution is -2.55. The van der Waals surface area contributed by atoms with Crippen LogP contribution in [0, 0.1) is 11.8 Å². The van der Waals surface area contributed by atoms with Crippen LogP contribution in [0.1, 0.15) is 79.1 Å². The minimum atomic E-state index is -0.410. The van der Waals surface area contributed by atoms with E-state index in [1.165, 1.54) is 0 Å². The van der Waals surface area contributed by atoms with Crippen LogP contribution in [0.15, 0.2) is 0 Å². The van der Waals surface area contributed by atoms with Crippen LogP contribution in [-0.2, 0) is 19.2 Å². The van der Waals surface area contributed by atoms with Gasteiger partial charge in [0, 0.05) is 38.0 Å². The van der Waals surface area contributed by atoms with Crippen molar-refractivity contribution in [3.63, 3.8) is 0 Å². The van der Waals surface area contributed by atoms with E-state index in [1.807, 2.05) is 27.7 Å². The van der Waals surface area contributed by atoms with Gasteiger partial charge in [0.15, 0.2) is 0 Å². The molecule has 1 aliphatic carbocycles. The highest BCUT2D eigenvalue weighted by atomic mass is 16.2. The normalized spacial score (nSPS) is 26.1. The van der Waals surface area contributed by atoms with Crippen molar-refractivity contribution in [1.29, 1.82) is 0 Å². The Morgan fingerprint density at radius 2 is 1.06 bits per heavy atom. The third-order valence-electron chi connectivity index (χ3n) is 7.11. The van der Waals surface area contributed by atoms with Gasteiger partial charge in [-0.3, -0.25) is 19.2 Å². The first kappa shape index (κ1) is 24.5. The minimum Gasteiger partial charge on any atom is -0.352 e. The fourth-order valence-electron chi connectivity index (χ4n) is 5.49. The van der Waals surface area contributed by atoms with E-state index in [9.17, 15) is 19.2 Å². The van der Waals surface area contributed by atoms with Crippen LogP contribution in [-0.4, -0.2) is 70.7 Å². The summed E-state index contributed by atoms with van der Waals surface area (Å²) >= 11 is 0. The molecule has 180 valence electrons. The largest absolute Gasteiger partial charge is 0.352 e. The molecule has 8 heteroatoms. The van der Waals surface area contributed by atoms with Crippen LogP contribution < -0.4 is 10.6 Å². The fourth-order valence-corrected chi connectivity index (χ4v) is 5.49. The molecule has 1 saturated carbocycles. The van der Waals surface area contributed by atoms with Gasteiger partial charge >= 0.3 is 0 Å². The quantitative estimate of drug-likeness (QED) is 0.592. The third kappa shape index (κ3) is 5.62. The Bertz CT molecular complexity index is 655. The Labute approximate surface area is 191 Å². The van der Waals surface area contributed by atoms with E-state index in [2.05, 4.69) is 10.6 Å². The first-order valence-corrected chi connectivity index (χ1v) is 12.4. The Hall–Kier alpha value is -2.12. The SMILES string of the molecule is CC(C)C(C(=O)NC1CCC(NC(=O)C(C(C)C)N2CCCC2=O)CC1)N1CCCC1=O. The van der Waals surface area contributed by atoms with Gasteiger partial charge in [0.2, 0.25) is 23.6 Å². The van der Waals surface area contributed by atoms with Crippen molar-refractivity contribution in [3.05, 3.63) is 0 Å². The number of hydrogen-bond acceptors (Lipinski definition) is 4. The first-order valence-electron chi connectivity index (χ1n) is 12.4. The molecule has 0 aromatic carbocycles. The summed E-state index contributed by atoms with van der Waals surface area (Å²) in [7, 11) is 0. The highest BCUT2D eigenvalue weighted by Gasteiger charge is 2.38. The van der Waals surface area contributed by atoms with E-state index in [0.29, 0.717) is 25.9 Å². The molecule has 2 N–H and O–H groups in total. The lowest BCUT2D eigenvalue weighted by atomic mass is 9.90. The summed E-state index contributed by atoms with van der Waals surface area (Å²) in [5.41, 5.74) is 0. The van der Waals surface area contributed by atoms with Gasteiger partial charge in [0.05, 0.1) is 0 Å². The number of nitrogens with zero attached hydrogens (tertiary/aromatic N) is 2. The summed E-state index contributed by atoms with van der Waals surface area (Å²) in [4.78, 5) is 53.7. The molecule has 2 heterocycles. The zero-order valence-corrected chi connectivity index (χ0v) is 20.1. The predicted octanol–water partition coefficient (Wildman–Crippen LogP) is 1.82. The van der Waals surface area contributed by atoms with E-state index < -0.39 is 12.1 Å². The molecule has 2 unspecified atom stereocenters. The molecule has 0 aromatic heterocycles. The number of likely N-dealkylation sites (tertiary alicyclic amines) is 2. The molecule has 3 fully saturated rings. The van der Waals surface area contributed by atoms with Crippen LogP contribution in [0.3, 0.4) is 0 Å². The lowest BCUT2D eigenvalue weighted by Gasteiger charge is -2.35. The maximum absolute atomic E-state index is 13.0. The molecule has 0 spiro atoms. The van der Waals surface area contributed by atoms with Gasteiger partial charge in [-0.1, -0.05) is 27.7 Å². The lowest BCUT2D eigenvalue weighted by molar-refractivity contribution is -0.140. The zero-order valence-electron chi connectivity index (χ0n) is 20.1. The van der Waals surface area contributed by atoms with E-state index >= 15 is 0 Å². The van der Waals surface area contributed by atoms with Crippen molar-refractivity contribution in [3.8, 4) is 0 Å². The zero-order chi connectivity index (χ0) is 23.4. The Kier molecular flexibility index (Phi) is 8.17. The smallest absolute Gasteiger partial charge is 0.243 e. The monoisotopic (exact) mass is 448 g/mol. The number of nitrogens with one attached hydrogen (secondary N) is 2. The molecule has 2 aliphatic heterocycles. The molecule has 32 heavy (non-hydrogen) atoms. The molecule has 0 radical (unpaired) electrons. The molecule has 2 atom stereocenters. The molecule has 3 rings (SSSR count). The van der Waals surface area contributed by atoms with E-state index in [1.54, 1.807) is 9.80 Å². The van der Waals surface area contributed by atoms with Crippen molar-refractivity contribution in [1.82, 2.24) is 20.4 Å². The highest BCUT2D eigenvalue weighted by molar-refractivity contribution is 5.89. The number of amides is 4. The Balaban J connectivity index is 1.50. The number of rotatable bonds is 8. The van der Waals surface area contributed by atoms with Gasteiger partial charge in [-0.2, -0.15) is 0 Å². The van der Waals surface area contributed by atoms with Gasteiger partial charge in [-0.05, 0) is 50.4 Å². The third-order valence-corrected chi connectivity index (χ3v) is 7.11. The van der Waals surface area contributed by atoms with Crippen LogP contribution >= 0.6 is 0 Å². The molecule has 8 nitrogen and oxygen atoms in total. The summed E-state index contributed by atoms with van der Waals surface area (Å²) < 4.78 is 0. The van der Waals surface area contributed by atoms with Crippen molar-refractivity contribution in [2.75, 3.05) is 13.1 Å². The number of carbonyl (C=O) groups is 4. The summed E-state index contributed by atoms with van der Waals surface area (Å²) in [6.07, 6.45) is 5.88. The van der Waals surface area contributed by atoms with Gasteiger partial charge in [0.1, 0.15) is 12.1 Å². The standard InChI is InChI=1S/C24H40N4O4/c1-15(2)21(27-13-5-7-19(27)29)23(31)25-17-9-11-18(12-10-17)26-24(32)22(16(3)4)28-14-6-8-20(28)30/h15-18,21-22H,5-14H2,1-4H3,(H,25,31)(H,26,32). The maximum atomic E-state index is 13.0. The Morgan fingerprint density at radius 3 is 1.31 bits per heavy atom. The molecule has 4 amide bonds. The average Bonchev–Trinajstić information content (AvgIpc) is 3.32. The second kappa shape index (κ2) is 10.7. The molecular formula is C24H40N4O4. The maximum Gasteiger partial charge on any atom is 0.243 e. The van der Waals surface area contributed by atoms with Gasteiger partial charge < -0.3 is 20.4 Å².